The van der Waals surface area contributed by atoms with Crippen molar-refractivity contribution in [3.8, 4) is 11.3 Å². The number of hydrogen-bond donors (Lipinski definition) is 0. The Morgan fingerprint density at radius 3 is 2.82 bits per heavy atom. The molecule has 0 unspecified atom stereocenters. The third kappa shape index (κ3) is 3.55. The van der Waals surface area contributed by atoms with Crippen molar-refractivity contribution < 1.29 is 17.7 Å². The molecule has 0 aromatic carbocycles. The van der Waals surface area contributed by atoms with Crippen LogP contribution in [0.2, 0.25) is 0 Å². The van der Waals surface area contributed by atoms with Crippen molar-refractivity contribution in [3.05, 3.63) is 29.4 Å². The van der Waals surface area contributed by atoms with Gasteiger partial charge in [-0.3, -0.25) is 0 Å². The van der Waals surface area contributed by atoms with Gasteiger partial charge in [0.15, 0.2) is 12.7 Å². The molecule has 0 N–H and O–H groups in total. The third-order valence-electron chi connectivity index (χ3n) is 2.07. The predicted octanol–water partition coefficient (Wildman–Crippen LogP) is 0.0378. The summed E-state index contributed by atoms with van der Waals surface area (Å²) in [6.07, 6.45) is 3.21. The molecule has 2 aromatic heterocycles. The summed E-state index contributed by atoms with van der Waals surface area (Å²) in [7, 11) is -4.20. The second-order valence-corrected chi connectivity index (χ2v) is 5.56. The lowest BCUT2D eigenvalue weighted by Gasteiger charge is -2.02. The van der Waals surface area contributed by atoms with Crippen LogP contribution in [0.25, 0.3) is 11.3 Å². The lowest BCUT2D eigenvalue weighted by atomic mass is 10.2. The van der Waals surface area contributed by atoms with E-state index in [1.165, 1.54) is 16.0 Å². The molecule has 0 saturated heterocycles. The zero-order valence-corrected chi connectivity index (χ0v) is 10.3. The van der Waals surface area contributed by atoms with E-state index in [0.29, 0.717) is 0 Å². The Morgan fingerprint density at radius 2 is 2.29 bits per heavy atom. The van der Waals surface area contributed by atoms with Crippen LogP contribution < -0.4 is 4.68 Å². The van der Waals surface area contributed by atoms with Gasteiger partial charge in [-0.05, 0) is 5.10 Å². The number of hydrogen-bond acceptors (Lipinski definition) is 6. The number of nitrogens with zero attached hydrogens (tertiary/aromatic N) is 3. The van der Waals surface area contributed by atoms with Crippen molar-refractivity contribution >= 4 is 21.5 Å². The van der Waals surface area contributed by atoms with Gasteiger partial charge in [-0.1, -0.05) is 4.68 Å². The van der Waals surface area contributed by atoms with Crippen LogP contribution in [-0.4, -0.2) is 28.8 Å². The minimum Gasteiger partial charge on any atom is -0.748 e. The Hall–Kier alpha value is -1.38. The lowest BCUT2D eigenvalue weighted by molar-refractivity contribution is -0.750. The Labute approximate surface area is 102 Å². The van der Waals surface area contributed by atoms with Crippen LogP contribution in [0.4, 0.5) is 0 Å². The van der Waals surface area contributed by atoms with Crippen molar-refractivity contribution in [1.29, 1.82) is 0 Å². The van der Waals surface area contributed by atoms with Gasteiger partial charge in [0.25, 0.3) is 0 Å². The smallest absolute Gasteiger partial charge is 0.197 e. The molecule has 0 saturated carbocycles. The molecule has 0 fully saturated rings. The zero-order valence-electron chi connectivity index (χ0n) is 8.68. The maximum atomic E-state index is 10.5. The normalized spacial score (nSPS) is 11.6. The molecule has 0 amide bonds. The molecule has 2 heterocycles. The summed E-state index contributed by atoms with van der Waals surface area (Å²) < 4.78 is 32.8. The van der Waals surface area contributed by atoms with Gasteiger partial charge in [0, 0.05) is 17.0 Å². The van der Waals surface area contributed by atoms with E-state index in [1.54, 1.807) is 24.0 Å². The fourth-order valence-electron chi connectivity index (χ4n) is 1.23. The van der Waals surface area contributed by atoms with E-state index in [1.807, 2.05) is 5.38 Å². The van der Waals surface area contributed by atoms with Crippen LogP contribution >= 0.6 is 11.3 Å². The monoisotopic (exact) mass is 271 g/mol. The van der Waals surface area contributed by atoms with Crippen LogP contribution in [-0.2, 0) is 16.7 Å². The number of aryl methyl sites for hydroxylation is 1. The van der Waals surface area contributed by atoms with Gasteiger partial charge < -0.3 is 4.55 Å². The zero-order chi connectivity index (χ0) is 12.3. The largest absolute Gasteiger partial charge is 0.748 e. The van der Waals surface area contributed by atoms with Gasteiger partial charge in [0.05, 0.1) is 17.0 Å². The highest BCUT2D eigenvalue weighted by molar-refractivity contribution is 7.85. The van der Waals surface area contributed by atoms with Crippen molar-refractivity contribution in [2.45, 2.75) is 6.54 Å². The maximum Gasteiger partial charge on any atom is 0.197 e. The minimum absolute atomic E-state index is 0.0587. The molecule has 17 heavy (non-hydrogen) atoms. The highest BCUT2D eigenvalue weighted by atomic mass is 32.2. The molecule has 0 aliphatic rings. The highest BCUT2D eigenvalue weighted by Crippen LogP contribution is 2.15. The lowest BCUT2D eigenvalue weighted by Crippen LogP contribution is -2.40. The van der Waals surface area contributed by atoms with E-state index in [0.717, 1.165) is 11.3 Å². The molecule has 2 rings (SSSR count). The average Bonchev–Trinajstić information content (AvgIpc) is 2.79. The van der Waals surface area contributed by atoms with Crippen LogP contribution in [0.3, 0.4) is 0 Å². The van der Waals surface area contributed by atoms with Gasteiger partial charge in [-0.15, -0.1) is 11.3 Å². The topological polar surface area (TPSA) is 86.9 Å². The summed E-state index contributed by atoms with van der Waals surface area (Å²) in [5.74, 6) is -0.458. The van der Waals surface area contributed by atoms with E-state index in [-0.39, 0.29) is 6.54 Å². The second kappa shape index (κ2) is 4.86. The molecule has 0 atom stereocenters. The molecular weight excluding hydrogens is 262 g/mol. The van der Waals surface area contributed by atoms with Gasteiger partial charge in [-0.25, -0.2) is 13.4 Å². The first-order chi connectivity index (χ1) is 8.04. The van der Waals surface area contributed by atoms with Crippen LogP contribution in [0.5, 0.6) is 0 Å². The molecule has 8 heteroatoms. The quantitative estimate of drug-likeness (QED) is 0.578. The maximum absolute atomic E-state index is 10.5. The number of aromatic nitrogens is 3. The SMILES string of the molecule is O=S(=O)([O-])CC[n+]1ccc(-c2cscn2)cn1. The van der Waals surface area contributed by atoms with Crippen LogP contribution in [0.15, 0.2) is 29.4 Å². The minimum atomic E-state index is -4.20. The summed E-state index contributed by atoms with van der Waals surface area (Å²) in [5.41, 5.74) is 3.40. The molecule has 0 aliphatic heterocycles. The van der Waals surface area contributed by atoms with E-state index >= 15 is 0 Å². The average molecular weight is 271 g/mol. The van der Waals surface area contributed by atoms with Crippen molar-refractivity contribution in [2.24, 2.45) is 0 Å². The summed E-state index contributed by atoms with van der Waals surface area (Å²) in [5, 5.41) is 5.91. The molecule has 90 valence electrons. The molecule has 0 aliphatic carbocycles. The Balaban J connectivity index is 2.09. The summed E-state index contributed by atoms with van der Waals surface area (Å²) in [6.45, 7) is 0.0587. The first-order valence-electron chi connectivity index (χ1n) is 4.72. The van der Waals surface area contributed by atoms with Gasteiger partial charge in [0.1, 0.15) is 16.3 Å². The molecule has 2 aromatic rings. The Bertz CT molecular complexity index is 578. The van der Waals surface area contributed by atoms with Gasteiger partial charge in [-0.2, -0.15) is 0 Å². The molecule has 6 nitrogen and oxygen atoms in total. The standard InChI is InChI=1S/C9H9N3O3S2/c13-17(14,15)4-3-12-2-1-8(5-11-12)9-6-16-7-10-9/h1-2,5-7H,3-4H2. The van der Waals surface area contributed by atoms with E-state index in [9.17, 15) is 13.0 Å². The van der Waals surface area contributed by atoms with E-state index in [2.05, 4.69) is 10.1 Å². The summed E-state index contributed by atoms with van der Waals surface area (Å²) >= 11 is 1.49. The highest BCUT2D eigenvalue weighted by Gasteiger charge is 2.07. The first-order valence-corrected chi connectivity index (χ1v) is 7.24. The molecule has 0 spiro atoms. The number of rotatable bonds is 4. The molecular formula is C9H9N3O3S2. The fraction of sp³-hybridized carbons (Fsp3) is 0.222. The van der Waals surface area contributed by atoms with Crippen molar-refractivity contribution in [3.63, 3.8) is 0 Å². The summed E-state index contributed by atoms with van der Waals surface area (Å²) in [6, 6.07) is 1.78. The Morgan fingerprint density at radius 1 is 1.47 bits per heavy atom. The van der Waals surface area contributed by atoms with Gasteiger partial charge >= 0.3 is 0 Å². The fourth-order valence-corrected chi connectivity index (χ4v) is 2.20. The first kappa shape index (κ1) is 12.1. The number of thiazole rings is 1. The van der Waals surface area contributed by atoms with E-state index < -0.39 is 15.9 Å². The van der Waals surface area contributed by atoms with Crippen molar-refractivity contribution in [2.75, 3.05) is 5.75 Å². The van der Waals surface area contributed by atoms with Crippen LogP contribution in [0, 0.1) is 0 Å². The van der Waals surface area contributed by atoms with Crippen molar-refractivity contribution in [1.82, 2.24) is 10.1 Å². The Kier molecular flexibility index (Phi) is 3.46. The van der Waals surface area contributed by atoms with E-state index in [4.69, 9.17) is 0 Å². The third-order valence-corrected chi connectivity index (χ3v) is 3.34. The molecule has 0 bridgehead atoms. The summed E-state index contributed by atoms with van der Waals surface area (Å²) in [4.78, 5) is 4.12. The predicted molar refractivity (Wildman–Crippen MR) is 60.1 cm³/mol. The molecule has 0 radical (unpaired) electrons. The second-order valence-electron chi connectivity index (χ2n) is 3.31. The van der Waals surface area contributed by atoms with Gasteiger partial charge in [0.2, 0.25) is 0 Å². The van der Waals surface area contributed by atoms with Crippen LogP contribution in [0.1, 0.15) is 0 Å².